The third-order valence-electron chi connectivity index (χ3n) is 3.84. The van der Waals surface area contributed by atoms with Crippen LogP contribution in [0.2, 0.25) is 0 Å². The smallest absolute Gasteiger partial charge is 0.124 e. The topological polar surface area (TPSA) is 35.2 Å². The van der Waals surface area contributed by atoms with Gasteiger partial charge in [0.2, 0.25) is 0 Å². The molecule has 2 heteroatoms. The number of hydrogen-bond acceptors (Lipinski definition) is 2. The summed E-state index contributed by atoms with van der Waals surface area (Å²) in [6.45, 7) is 2.90. The first-order valence-corrected chi connectivity index (χ1v) is 7.28. The zero-order valence-electron chi connectivity index (χ0n) is 11.4. The molecule has 1 aliphatic rings. The van der Waals surface area contributed by atoms with Crippen LogP contribution in [0.25, 0.3) is 0 Å². The van der Waals surface area contributed by atoms with Crippen molar-refractivity contribution >= 4 is 0 Å². The second-order valence-electron chi connectivity index (χ2n) is 5.38. The number of hydrogen-bond donors (Lipinski definition) is 1. The van der Waals surface area contributed by atoms with Crippen LogP contribution in [-0.2, 0) is 0 Å². The Hall–Kier alpha value is -1.02. The number of ether oxygens (including phenoxy) is 1. The van der Waals surface area contributed by atoms with Crippen LogP contribution in [0.15, 0.2) is 24.3 Å². The van der Waals surface area contributed by atoms with Gasteiger partial charge in [0.05, 0.1) is 6.61 Å². The van der Waals surface area contributed by atoms with Crippen LogP contribution in [0.1, 0.15) is 57.1 Å². The molecule has 1 saturated carbocycles. The monoisotopic (exact) mass is 247 g/mol. The summed E-state index contributed by atoms with van der Waals surface area (Å²) < 4.78 is 5.79. The van der Waals surface area contributed by atoms with Gasteiger partial charge in [-0.05, 0) is 24.8 Å². The summed E-state index contributed by atoms with van der Waals surface area (Å²) in [4.78, 5) is 0. The minimum Gasteiger partial charge on any atom is -0.493 e. The molecule has 100 valence electrons. The van der Waals surface area contributed by atoms with Crippen molar-refractivity contribution in [2.75, 3.05) is 6.61 Å². The summed E-state index contributed by atoms with van der Waals surface area (Å²) in [7, 11) is 0. The van der Waals surface area contributed by atoms with E-state index in [0.29, 0.717) is 0 Å². The summed E-state index contributed by atoms with van der Waals surface area (Å²) >= 11 is 0. The van der Waals surface area contributed by atoms with E-state index in [9.17, 15) is 0 Å². The number of para-hydroxylation sites is 1. The summed E-state index contributed by atoms with van der Waals surface area (Å²) in [5.41, 5.74) is 7.55. The van der Waals surface area contributed by atoms with E-state index in [1.165, 1.54) is 31.2 Å². The van der Waals surface area contributed by atoms with E-state index in [1.54, 1.807) is 0 Å². The van der Waals surface area contributed by atoms with Crippen LogP contribution >= 0.6 is 0 Å². The highest BCUT2D eigenvalue weighted by Gasteiger charge is 2.20. The van der Waals surface area contributed by atoms with Crippen molar-refractivity contribution in [3.63, 3.8) is 0 Å². The second-order valence-corrected chi connectivity index (χ2v) is 5.38. The molecule has 2 rings (SSSR count). The summed E-state index contributed by atoms with van der Waals surface area (Å²) in [5, 5.41) is 0. The van der Waals surface area contributed by atoms with E-state index in [0.717, 1.165) is 31.1 Å². The molecule has 1 atom stereocenters. The second kappa shape index (κ2) is 6.79. The Balaban J connectivity index is 2.00. The number of rotatable bonds is 6. The molecular weight excluding hydrogens is 222 g/mol. The van der Waals surface area contributed by atoms with Crippen LogP contribution in [0.3, 0.4) is 0 Å². The van der Waals surface area contributed by atoms with Crippen LogP contribution in [0.4, 0.5) is 0 Å². The highest BCUT2D eigenvalue weighted by atomic mass is 16.5. The molecular formula is C16H25NO. The van der Waals surface area contributed by atoms with Gasteiger partial charge < -0.3 is 10.5 Å². The fraction of sp³-hybridized carbons (Fsp3) is 0.625. The number of benzene rings is 1. The molecule has 0 aliphatic heterocycles. The first-order valence-electron chi connectivity index (χ1n) is 7.28. The number of nitrogens with two attached hydrogens (primary N) is 1. The molecule has 1 aromatic carbocycles. The lowest BCUT2D eigenvalue weighted by Gasteiger charge is -2.19. The zero-order valence-corrected chi connectivity index (χ0v) is 11.4. The Labute approximate surface area is 111 Å². The maximum Gasteiger partial charge on any atom is 0.124 e. The lowest BCUT2D eigenvalue weighted by molar-refractivity contribution is 0.309. The van der Waals surface area contributed by atoms with Crippen molar-refractivity contribution in [3.05, 3.63) is 29.8 Å². The van der Waals surface area contributed by atoms with Gasteiger partial charge in [0, 0.05) is 11.6 Å². The molecule has 2 N–H and O–H groups in total. The van der Waals surface area contributed by atoms with Gasteiger partial charge in [-0.2, -0.15) is 0 Å². The molecule has 0 spiro atoms. The fourth-order valence-electron chi connectivity index (χ4n) is 2.86. The van der Waals surface area contributed by atoms with Crippen molar-refractivity contribution in [3.8, 4) is 5.75 Å². The highest BCUT2D eigenvalue weighted by molar-refractivity contribution is 5.35. The predicted octanol–water partition coefficient (Wildman–Crippen LogP) is 4.06. The van der Waals surface area contributed by atoms with Crippen LogP contribution in [0.5, 0.6) is 5.75 Å². The van der Waals surface area contributed by atoms with E-state index >= 15 is 0 Å². The summed E-state index contributed by atoms with van der Waals surface area (Å²) in [5.74, 6) is 1.80. The Morgan fingerprint density at radius 2 is 2.00 bits per heavy atom. The van der Waals surface area contributed by atoms with Crippen molar-refractivity contribution in [1.82, 2.24) is 0 Å². The molecule has 1 fully saturated rings. The maximum atomic E-state index is 6.37. The van der Waals surface area contributed by atoms with E-state index in [4.69, 9.17) is 10.5 Å². The van der Waals surface area contributed by atoms with Gasteiger partial charge in [-0.15, -0.1) is 0 Å². The van der Waals surface area contributed by atoms with Crippen LogP contribution in [0, 0.1) is 5.92 Å². The molecule has 0 radical (unpaired) electrons. The lowest BCUT2D eigenvalue weighted by atomic mass is 9.94. The molecule has 0 heterocycles. The first-order chi connectivity index (χ1) is 8.81. The average Bonchev–Trinajstić information content (AvgIpc) is 2.89. The van der Waals surface area contributed by atoms with Gasteiger partial charge in [0.25, 0.3) is 0 Å². The molecule has 1 aliphatic carbocycles. The zero-order chi connectivity index (χ0) is 12.8. The Bertz CT molecular complexity index is 358. The summed E-state index contributed by atoms with van der Waals surface area (Å²) in [6.07, 6.45) is 7.60. The molecule has 0 aromatic heterocycles. The molecule has 1 aromatic rings. The Morgan fingerprint density at radius 3 is 2.72 bits per heavy atom. The van der Waals surface area contributed by atoms with E-state index in [2.05, 4.69) is 19.1 Å². The quantitative estimate of drug-likeness (QED) is 0.823. The van der Waals surface area contributed by atoms with Crippen molar-refractivity contribution in [2.24, 2.45) is 11.7 Å². The maximum absolute atomic E-state index is 6.37. The standard InChI is InChI=1S/C16H25NO/c1-2-11-18-16-10-6-5-9-14(16)15(17)12-13-7-3-4-8-13/h5-6,9-10,13,15H,2-4,7-8,11-12,17H2,1H3. The largest absolute Gasteiger partial charge is 0.493 e. The van der Waals surface area contributed by atoms with Gasteiger partial charge in [0.1, 0.15) is 5.75 Å². The van der Waals surface area contributed by atoms with Gasteiger partial charge in [0.15, 0.2) is 0 Å². The first kappa shape index (κ1) is 13.4. The lowest BCUT2D eigenvalue weighted by Crippen LogP contribution is -2.15. The molecule has 0 bridgehead atoms. The van der Waals surface area contributed by atoms with Crippen molar-refractivity contribution < 1.29 is 4.74 Å². The summed E-state index contributed by atoms with van der Waals surface area (Å²) in [6, 6.07) is 8.37. The molecule has 18 heavy (non-hydrogen) atoms. The molecule has 0 amide bonds. The Kier molecular flexibility index (Phi) is 5.06. The van der Waals surface area contributed by atoms with Gasteiger partial charge in [-0.1, -0.05) is 50.8 Å². The highest BCUT2D eigenvalue weighted by Crippen LogP contribution is 2.34. The molecule has 0 saturated heterocycles. The van der Waals surface area contributed by atoms with Gasteiger partial charge >= 0.3 is 0 Å². The van der Waals surface area contributed by atoms with Crippen LogP contribution in [-0.4, -0.2) is 6.61 Å². The Morgan fingerprint density at radius 1 is 1.28 bits per heavy atom. The normalized spacial score (nSPS) is 17.9. The van der Waals surface area contributed by atoms with Crippen molar-refractivity contribution in [2.45, 2.75) is 51.5 Å². The van der Waals surface area contributed by atoms with E-state index < -0.39 is 0 Å². The van der Waals surface area contributed by atoms with Crippen LogP contribution < -0.4 is 10.5 Å². The third-order valence-corrected chi connectivity index (χ3v) is 3.84. The SMILES string of the molecule is CCCOc1ccccc1C(N)CC1CCCC1. The molecule has 2 nitrogen and oxygen atoms in total. The molecule has 1 unspecified atom stereocenters. The predicted molar refractivity (Wildman–Crippen MR) is 75.7 cm³/mol. The minimum atomic E-state index is 0.126. The van der Waals surface area contributed by atoms with Gasteiger partial charge in [-0.25, -0.2) is 0 Å². The van der Waals surface area contributed by atoms with Crippen molar-refractivity contribution in [1.29, 1.82) is 0 Å². The fourth-order valence-corrected chi connectivity index (χ4v) is 2.86. The van der Waals surface area contributed by atoms with Gasteiger partial charge in [-0.3, -0.25) is 0 Å². The van der Waals surface area contributed by atoms with E-state index in [1.807, 2.05) is 12.1 Å². The minimum absolute atomic E-state index is 0.126. The van der Waals surface area contributed by atoms with E-state index in [-0.39, 0.29) is 6.04 Å². The average molecular weight is 247 g/mol. The third kappa shape index (κ3) is 3.49.